The predicted octanol–water partition coefficient (Wildman–Crippen LogP) is 3.72. The van der Waals surface area contributed by atoms with Crippen LogP contribution >= 0.6 is 0 Å². The number of hydrogen-bond donors (Lipinski definition) is 2. The quantitative estimate of drug-likeness (QED) is 0.779. The molecule has 0 saturated heterocycles. The molecule has 124 valence electrons. The highest BCUT2D eigenvalue weighted by Gasteiger charge is 2.25. The molecule has 23 heavy (non-hydrogen) atoms. The summed E-state index contributed by atoms with van der Waals surface area (Å²) in [5.74, 6) is 0.557. The first-order valence-electron chi connectivity index (χ1n) is 8.02. The molecule has 2 aromatic rings. The molecule has 1 aliphatic carbocycles. The molecule has 1 aliphatic rings. The van der Waals surface area contributed by atoms with Crippen molar-refractivity contribution in [3.63, 3.8) is 0 Å². The number of aliphatic hydroxyl groups is 1. The van der Waals surface area contributed by atoms with Crippen LogP contribution in [0.4, 0.5) is 8.78 Å². The van der Waals surface area contributed by atoms with Gasteiger partial charge in [0.05, 0.1) is 12.1 Å². The third-order valence-electron chi connectivity index (χ3n) is 4.22. The molecular weight excluding hydrogens is 300 g/mol. The Bertz CT molecular complexity index is 632. The van der Waals surface area contributed by atoms with Crippen LogP contribution in [0.15, 0.2) is 34.7 Å². The molecule has 2 N–H and O–H groups in total. The molecule has 0 amide bonds. The van der Waals surface area contributed by atoms with Crippen LogP contribution in [0.25, 0.3) is 11.3 Å². The number of hydrogen-bond acceptors (Lipinski definition) is 3. The van der Waals surface area contributed by atoms with Crippen LogP contribution in [0.1, 0.15) is 25.0 Å². The minimum Gasteiger partial charge on any atom is -0.460 e. The number of nitrogens with one attached hydrogen (secondary N) is 1. The normalized spacial score (nSPS) is 15.8. The summed E-state index contributed by atoms with van der Waals surface area (Å²) in [6.07, 6.45) is 3.59. The number of halogens is 2. The lowest BCUT2D eigenvalue weighted by Crippen LogP contribution is -2.25. The second-order valence-electron chi connectivity index (χ2n) is 6.22. The second kappa shape index (κ2) is 7.23. The van der Waals surface area contributed by atoms with Gasteiger partial charge in [0.25, 0.3) is 0 Å². The third-order valence-corrected chi connectivity index (χ3v) is 4.22. The summed E-state index contributed by atoms with van der Waals surface area (Å²) in [6.45, 7) is 1.35. The summed E-state index contributed by atoms with van der Waals surface area (Å²) in [5.41, 5.74) is -0.138. The van der Waals surface area contributed by atoms with E-state index in [0.29, 0.717) is 18.8 Å². The molecule has 1 heterocycles. The number of benzene rings is 1. The minimum absolute atomic E-state index is 0.138. The zero-order valence-corrected chi connectivity index (χ0v) is 12.9. The molecule has 1 aromatic heterocycles. The monoisotopic (exact) mass is 321 g/mol. The number of rotatable bonds is 8. The largest absolute Gasteiger partial charge is 0.460 e. The summed E-state index contributed by atoms with van der Waals surface area (Å²) in [5, 5.41) is 12.6. The first-order chi connectivity index (χ1) is 11.2. The molecule has 0 spiro atoms. The van der Waals surface area contributed by atoms with Crippen molar-refractivity contribution in [3.8, 4) is 11.3 Å². The average Bonchev–Trinajstić information content (AvgIpc) is 3.23. The smallest absolute Gasteiger partial charge is 0.140 e. The molecule has 1 fully saturated rings. The molecular formula is C18H21F2NO2. The Labute approximate surface area is 134 Å². The van der Waals surface area contributed by atoms with E-state index in [0.717, 1.165) is 12.3 Å². The van der Waals surface area contributed by atoms with Crippen molar-refractivity contribution in [2.24, 2.45) is 11.8 Å². The molecule has 1 saturated carbocycles. The van der Waals surface area contributed by atoms with E-state index in [1.807, 2.05) is 0 Å². The maximum Gasteiger partial charge on any atom is 0.140 e. The zero-order valence-electron chi connectivity index (χ0n) is 12.9. The second-order valence-corrected chi connectivity index (χ2v) is 6.22. The maximum atomic E-state index is 13.7. The van der Waals surface area contributed by atoms with Gasteiger partial charge in [0.1, 0.15) is 23.2 Å². The van der Waals surface area contributed by atoms with Gasteiger partial charge in [-0.1, -0.05) is 18.9 Å². The zero-order chi connectivity index (χ0) is 16.2. The summed E-state index contributed by atoms with van der Waals surface area (Å²) in [4.78, 5) is 0. The average molecular weight is 321 g/mol. The van der Waals surface area contributed by atoms with Gasteiger partial charge >= 0.3 is 0 Å². The lowest BCUT2D eigenvalue weighted by Gasteiger charge is -2.13. The van der Waals surface area contributed by atoms with Crippen LogP contribution in [-0.4, -0.2) is 18.3 Å². The Morgan fingerprint density at radius 3 is 2.57 bits per heavy atom. The van der Waals surface area contributed by atoms with Crippen LogP contribution in [-0.2, 0) is 6.54 Å². The van der Waals surface area contributed by atoms with Crippen LogP contribution in [0.2, 0.25) is 0 Å². The fraction of sp³-hybridized carbons (Fsp3) is 0.444. The van der Waals surface area contributed by atoms with Crippen molar-refractivity contribution in [2.45, 2.75) is 25.8 Å². The van der Waals surface area contributed by atoms with E-state index in [-0.39, 0.29) is 23.8 Å². The highest BCUT2D eigenvalue weighted by atomic mass is 19.1. The summed E-state index contributed by atoms with van der Waals surface area (Å²) >= 11 is 0. The van der Waals surface area contributed by atoms with Crippen molar-refractivity contribution < 1.29 is 18.3 Å². The topological polar surface area (TPSA) is 45.4 Å². The van der Waals surface area contributed by atoms with Gasteiger partial charge in [-0.05, 0) is 42.5 Å². The minimum atomic E-state index is -0.636. The Morgan fingerprint density at radius 1 is 1.17 bits per heavy atom. The summed E-state index contributed by atoms with van der Waals surface area (Å²) < 4.78 is 33.0. The lowest BCUT2D eigenvalue weighted by molar-refractivity contribution is 0.208. The molecule has 0 aliphatic heterocycles. The first kappa shape index (κ1) is 16.1. The molecule has 3 rings (SSSR count). The van der Waals surface area contributed by atoms with Crippen molar-refractivity contribution >= 4 is 0 Å². The van der Waals surface area contributed by atoms with E-state index in [2.05, 4.69) is 5.32 Å². The van der Waals surface area contributed by atoms with E-state index in [4.69, 9.17) is 4.42 Å². The van der Waals surface area contributed by atoms with Gasteiger partial charge in [0, 0.05) is 13.2 Å². The van der Waals surface area contributed by atoms with E-state index in [1.165, 1.54) is 31.0 Å². The molecule has 1 atom stereocenters. The predicted molar refractivity (Wildman–Crippen MR) is 83.7 cm³/mol. The highest BCUT2D eigenvalue weighted by Crippen LogP contribution is 2.35. The number of furan rings is 1. The van der Waals surface area contributed by atoms with Crippen molar-refractivity contribution in [3.05, 3.63) is 47.7 Å². The standard InChI is InChI=1S/C18H21F2NO2/c19-15-2-1-3-16(20)18(15)17-7-6-14(23-17)10-21-9-13(11-22)8-12-4-5-12/h1-3,6-7,12-13,21-22H,4-5,8-11H2. The van der Waals surface area contributed by atoms with Crippen molar-refractivity contribution in [1.29, 1.82) is 0 Å². The Kier molecular flexibility index (Phi) is 5.08. The van der Waals surface area contributed by atoms with Gasteiger partial charge in [0.15, 0.2) is 0 Å². The molecule has 1 unspecified atom stereocenters. The van der Waals surface area contributed by atoms with E-state index < -0.39 is 11.6 Å². The third kappa shape index (κ3) is 4.18. The molecule has 0 radical (unpaired) electrons. The van der Waals surface area contributed by atoms with Gasteiger partial charge in [-0.25, -0.2) is 8.78 Å². The van der Waals surface area contributed by atoms with Crippen LogP contribution < -0.4 is 5.32 Å². The van der Waals surface area contributed by atoms with Gasteiger partial charge in [0.2, 0.25) is 0 Å². The number of aliphatic hydroxyl groups excluding tert-OH is 1. The lowest BCUT2D eigenvalue weighted by atomic mass is 10.0. The highest BCUT2D eigenvalue weighted by molar-refractivity contribution is 5.59. The molecule has 3 nitrogen and oxygen atoms in total. The fourth-order valence-corrected chi connectivity index (χ4v) is 2.79. The molecule has 0 bridgehead atoms. The van der Waals surface area contributed by atoms with Gasteiger partial charge in [-0.15, -0.1) is 0 Å². The van der Waals surface area contributed by atoms with Crippen molar-refractivity contribution in [1.82, 2.24) is 5.32 Å². The van der Waals surface area contributed by atoms with Crippen LogP contribution in [0.3, 0.4) is 0 Å². The first-order valence-corrected chi connectivity index (χ1v) is 8.02. The summed E-state index contributed by atoms with van der Waals surface area (Å²) in [6, 6.07) is 7.04. The van der Waals surface area contributed by atoms with Crippen LogP contribution in [0.5, 0.6) is 0 Å². The maximum absolute atomic E-state index is 13.7. The van der Waals surface area contributed by atoms with Gasteiger partial charge in [-0.3, -0.25) is 0 Å². The van der Waals surface area contributed by atoms with Gasteiger partial charge < -0.3 is 14.8 Å². The van der Waals surface area contributed by atoms with E-state index in [9.17, 15) is 13.9 Å². The molecule has 5 heteroatoms. The van der Waals surface area contributed by atoms with Gasteiger partial charge in [-0.2, -0.15) is 0 Å². The SMILES string of the molecule is OCC(CNCc1ccc(-c2c(F)cccc2F)o1)CC1CC1. The van der Waals surface area contributed by atoms with Crippen molar-refractivity contribution in [2.75, 3.05) is 13.2 Å². The van der Waals surface area contributed by atoms with E-state index in [1.54, 1.807) is 12.1 Å². The molecule has 1 aromatic carbocycles. The Balaban J connectivity index is 1.57. The van der Waals surface area contributed by atoms with Crippen LogP contribution in [0, 0.1) is 23.5 Å². The summed E-state index contributed by atoms with van der Waals surface area (Å²) in [7, 11) is 0. The van der Waals surface area contributed by atoms with E-state index >= 15 is 0 Å². The Hall–Kier alpha value is -1.72. The Morgan fingerprint density at radius 2 is 1.91 bits per heavy atom. The fourth-order valence-electron chi connectivity index (χ4n) is 2.79.